The first-order valence-corrected chi connectivity index (χ1v) is 16.2. The fourth-order valence-corrected chi connectivity index (χ4v) is 9.04. The Kier molecular flexibility index (Phi) is 5.62. The second-order valence-corrected chi connectivity index (χ2v) is 13.0. The summed E-state index contributed by atoms with van der Waals surface area (Å²) in [5.74, 6) is 0. The van der Waals surface area contributed by atoms with Gasteiger partial charge in [0.2, 0.25) is 0 Å². The number of hydrogen-bond donors (Lipinski definition) is 0. The number of rotatable bonds is 4. The molecule has 0 radical (unpaired) electrons. The molecule has 2 aromatic heterocycles. The van der Waals surface area contributed by atoms with Crippen molar-refractivity contribution in [2.45, 2.75) is 0 Å². The minimum atomic E-state index is 1.15. The van der Waals surface area contributed by atoms with Gasteiger partial charge in [-0.25, -0.2) is 0 Å². The van der Waals surface area contributed by atoms with Crippen molar-refractivity contribution in [1.29, 1.82) is 0 Å². The lowest BCUT2D eigenvalue weighted by Crippen LogP contribution is -2.09. The Balaban J connectivity index is 1.28. The molecule has 0 saturated carbocycles. The predicted octanol–water partition coefficient (Wildman–Crippen LogP) is 12.7. The first-order valence-electron chi connectivity index (χ1n) is 14.5. The molecule has 7 aromatic carbocycles. The molecule has 9 rings (SSSR count). The Morgan fingerprint density at radius 3 is 1.81 bits per heavy atom. The Morgan fingerprint density at radius 2 is 0.977 bits per heavy atom. The van der Waals surface area contributed by atoms with Crippen LogP contribution in [-0.2, 0) is 0 Å². The molecule has 9 aromatic rings. The topological polar surface area (TPSA) is 3.24 Å². The van der Waals surface area contributed by atoms with E-state index in [2.05, 4.69) is 157 Å². The number of fused-ring (bicyclic) bond motifs is 9. The van der Waals surface area contributed by atoms with Gasteiger partial charge >= 0.3 is 0 Å². The van der Waals surface area contributed by atoms with Crippen LogP contribution in [0, 0.1) is 0 Å². The van der Waals surface area contributed by atoms with Gasteiger partial charge < -0.3 is 4.90 Å². The number of para-hydroxylation sites is 1. The monoisotopic (exact) mass is 583 g/mol. The van der Waals surface area contributed by atoms with Crippen molar-refractivity contribution in [2.75, 3.05) is 4.90 Å². The molecule has 0 aliphatic rings. The van der Waals surface area contributed by atoms with Crippen molar-refractivity contribution in [2.24, 2.45) is 0 Å². The van der Waals surface area contributed by atoms with Gasteiger partial charge in [0.15, 0.2) is 0 Å². The minimum Gasteiger partial charge on any atom is -0.309 e. The van der Waals surface area contributed by atoms with Gasteiger partial charge in [-0.05, 0) is 64.4 Å². The summed E-state index contributed by atoms with van der Waals surface area (Å²) in [5, 5.41) is 8.05. The lowest BCUT2D eigenvalue weighted by atomic mass is 10.0. The fraction of sp³-hybridized carbons (Fsp3) is 0. The summed E-state index contributed by atoms with van der Waals surface area (Å²) >= 11 is 3.82. The molecule has 2 heterocycles. The van der Waals surface area contributed by atoms with E-state index >= 15 is 0 Å². The normalized spacial score (nSPS) is 11.7. The van der Waals surface area contributed by atoms with E-state index in [9.17, 15) is 0 Å². The summed E-state index contributed by atoms with van der Waals surface area (Å²) < 4.78 is 5.37. The number of thiophene rings is 2. The summed E-state index contributed by atoms with van der Waals surface area (Å²) in [5.41, 5.74) is 5.95. The average molecular weight is 584 g/mol. The third-order valence-electron chi connectivity index (χ3n) is 8.46. The van der Waals surface area contributed by atoms with Crippen molar-refractivity contribution in [3.8, 4) is 11.1 Å². The van der Waals surface area contributed by atoms with Gasteiger partial charge in [-0.2, -0.15) is 0 Å². The molecule has 0 aliphatic heterocycles. The zero-order valence-corrected chi connectivity index (χ0v) is 24.8. The molecule has 3 heteroatoms. The maximum Gasteiger partial charge on any atom is 0.0640 e. The van der Waals surface area contributed by atoms with Gasteiger partial charge in [-0.3, -0.25) is 0 Å². The molecule has 0 bridgehead atoms. The lowest BCUT2D eigenvalue weighted by molar-refractivity contribution is 1.30. The molecule has 0 amide bonds. The lowest BCUT2D eigenvalue weighted by Gasteiger charge is -2.26. The Hall–Kier alpha value is -4.96. The highest BCUT2D eigenvalue weighted by Crippen LogP contribution is 2.49. The maximum atomic E-state index is 2.40. The first kappa shape index (κ1) is 24.6. The third kappa shape index (κ3) is 3.90. The van der Waals surface area contributed by atoms with Crippen molar-refractivity contribution >= 4 is 90.9 Å². The van der Waals surface area contributed by atoms with Gasteiger partial charge in [0.05, 0.1) is 10.4 Å². The van der Waals surface area contributed by atoms with Crippen molar-refractivity contribution < 1.29 is 0 Å². The van der Waals surface area contributed by atoms with Crippen LogP contribution in [0.3, 0.4) is 0 Å². The predicted molar refractivity (Wildman–Crippen MR) is 190 cm³/mol. The van der Waals surface area contributed by atoms with Gasteiger partial charge in [0.1, 0.15) is 0 Å². The van der Waals surface area contributed by atoms with Crippen LogP contribution >= 0.6 is 22.7 Å². The molecule has 0 spiro atoms. The largest absolute Gasteiger partial charge is 0.309 e. The highest BCUT2D eigenvalue weighted by molar-refractivity contribution is 7.30. The van der Waals surface area contributed by atoms with E-state index in [1.54, 1.807) is 0 Å². The summed E-state index contributed by atoms with van der Waals surface area (Å²) in [6.45, 7) is 0. The van der Waals surface area contributed by atoms with E-state index in [-0.39, 0.29) is 0 Å². The number of hydrogen-bond acceptors (Lipinski definition) is 3. The van der Waals surface area contributed by atoms with E-state index in [1.165, 1.54) is 67.9 Å². The van der Waals surface area contributed by atoms with E-state index in [4.69, 9.17) is 0 Å². The van der Waals surface area contributed by atoms with Crippen LogP contribution in [-0.4, -0.2) is 0 Å². The number of nitrogens with zero attached hydrogens (tertiary/aromatic N) is 1. The average Bonchev–Trinajstić information content (AvgIpc) is 3.65. The highest BCUT2D eigenvalue weighted by Gasteiger charge is 2.20. The smallest absolute Gasteiger partial charge is 0.0640 e. The van der Waals surface area contributed by atoms with E-state index in [0.29, 0.717) is 0 Å². The SMILES string of the molecule is c1ccc(-c2ccc(N(c3ccccc3)c3cccc4c3sc3ccc5c(sc6ccc7ccccc7c65)c34)cc2)cc1. The Bertz CT molecular complexity index is 2440. The van der Waals surface area contributed by atoms with Crippen LogP contribution in [0.25, 0.3) is 62.2 Å². The zero-order chi connectivity index (χ0) is 28.3. The van der Waals surface area contributed by atoms with E-state index in [1.807, 2.05) is 22.7 Å². The standard InChI is InChI=1S/C40H25NS2/c1-3-10-26(11-4-1)27-18-21-30(22-19-27)41(29-13-5-2-6-14-29)34-17-9-16-32-38-36(42-39(32)34)25-23-33-37-31-15-8-7-12-28(31)20-24-35(37)43-40(33)38/h1-25H. The van der Waals surface area contributed by atoms with Crippen LogP contribution in [0.2, 0.25) is 0 Å². The number of benzene rings is 7. The molecule has 0 N–H and O–H groups in total. The van der Waals surface area contributed by atoms with Crippen molar-refractivity contribution in [3.63, 3.8) is 0 Å². The van der Waals surface area contributed by atoms with Crippen LogP contribution in [0.4, 0.5) is 17.1 Å². The zero-order valence-electron chi connectivity index (χ0n) is 23.2. The summed E-state index contributed by atoms with van der Waals surface area (Å²) in [4.78, 5) is 2.40. The van der Waals surface area contributed by atoms with Crippen molar-refractivity contribution in [1.82, 2.24) is 0 Å². The van der Waals surface area contributed by atoms with Crippen LogP contribution in [0.5, 0.6) is 0 Å². The minimum absolute atomic E-state index is 1.15. The van der Waals surface area contributed by atoms with E-state index in [0.717, 1.165) is 11.4 Å². The molecular formula is C40H25NS2. The first-order chi connectivity index (χ1) is 21.3. The second kappa shape index (κ2) is 9.81. The molecule has 0 saturated heterocycles. The van der Waals surface area contributed by atoms with Crippen molar-refractivity contribution in [3.05, 3.63) is 152 Å². The number of anilines is 3. The van der Waals surface area contributed by atoms with Gasteiger partial charge in [0.25, 0.3) is 0 Å². The van der Waals surface area contributed by atoms with Gasteiger partial charge in [0, 0.05) is 47.0 Å². The molecule has 0 fully saturated rings. The highest BCUT2D eigenvalue weighted by atomic mass is 32.1. The molecular weight excluding hydrogens is 559 g/mol. The maximum absolute atomic E-state index is 2.40. The fourth-order valence-electron chi connectivity index (χ4n) is 6.48. The van der Waals surface area contributed by atoms with E-state index < -0.39 is 0 Å². The Morgan fingerprint density at radius 1 is 0.372 bits per heavy atom. The van der Waals surface area contributed by atoms with Gasteiger partial charge in [-0.15, -0.1) is 22.7 Å². The summed E-state index contributed by atoms with van der Waals surface area (Å²) in [7, 11) is 0. The molecule has 0 unspecified atom stereocenters. The van der Waals surface area contributed by atoms with Crippen LogP contribution < -0.4 is 4.90 Å². The molecule has 1 nitrogen and oxygen atoms in total. The second-order valence-electron chi connectivity index (χ2n) is 10.9. The molecule has 0 aliphatic carbocycles. The van der Waals surface area contributed by atoms with Crippen LogP contribution in [0.1, 0.15) is 0 Å². The van der Waals surface area contributed by atoms with Gasteiger partial charge in [-0.1, -0.05) is 109 Å². The third-order valence-corrected chi connectivity index (χ3v) is 10.8. The molecule has 0 atom stereocenters. The summed E-state index contributed by atoms with van der Waals surface area (Å²) in [6, 6.07) is 55.1. The molecule has 202 valence electrons. The Labute approximate surface area is 257 Å². The van der Waals surface area contributed by atoms with Crippen LogP contribution in [0.15, 0.2) is 152 Å². The molecule has 43 heavy (non-hydrogen) atoms. The summed E-state index contributed by atoms with van der Waals surface area (Å²) in [6.07, 6.45) is 0. The quantitative estimate of drug-likeness (QED) is 0.199.